The maximum absolute atomic E-state index is 3.55. The van der Waals surface area contributed by atoms with Gasteiger partial charge in [0, 0.05) is 26.8 Å². The van der Waals surface area contributed by atoms with Gasteiger partial charge in [-0.2, -0.15) is 0 Å². The van der Waals surface area contributed by atoms with Crippen molar-refractivity contribution in [1.29, 1.82) is 0 Å². The zero-order valence-corrected chi connectivity index (χ0v) is 12.4. The Bertz CT molecular complexity index is 492. The molecule has 3 heteroatoms. The van der Waals surface area contributed by atoms with E-state index in [9.17, 15) is 0 Å². The van der Waals surface area contributed by atoms with Crippen LogP contribution in [-0.2, 0) is 6.54 Å². The van der Waals surface area contributed by atoms with E-state index in [0.29, 0.717) is 6.04 Å². The average Bonchev–Trinajstić information content (AvgIpc) is 2.73. The lowest BCUT2D eigenvalue weighted by Crippen LogP contribution is -2.17. The fourth-order valence-corrected chi connectivity index (χ4v) is 3.06. The smallest absolute Gasteiger partial charge is 0.0388 e. The van der Waals surface area contributed by atoms with Crippen LogP contribution in [0.1, 0.15) is 28.3 Å². The maximum Gasteiger partial charge on any atom is 0.0388 e. The zero-order valence-electron chi connectivity index (χ0n) is 10.0. The summed E-state index contributed by atoms with van der Waals surface area (Å²) >= 11 is 5.35. The van der Waals surface area contributed by atoms with Gasteiger partial charge in [0.25, 0.3) is 0 Å². The average molecular weight is 310 g/mol. The van der Waals surface area contributed by atoms with Crippen molar-refractivity contribution < 1.29 is 0 Å². The minimum Gasteiger partial charge on any atom is -0.305 e. The number of nitrogens with one attached hydrogen (secondary N) is 1. The number of benzene rings is 1. The molecular weight excluding hydrogens is 294 g/mol. The summed E-state index contributed by atoms with van der Waals surface area (Å²) in [5.41, 5.74) is 1.31. The van der Waals surface area contributed by atoms with Crippen molar-refractivity contribution in [3.8, 4) is 0 Å². The Balaban J connectivity index is 1.94. The van der Waals surface area contributed by atoms with Gasteiger partial charge < -0.3 is 5.32 Å². The molecule has 90 valence electrons. The van der Waals surface area contributed by atoms with Gasteiger partial charge in [-0.15, -0.1) is 11.3 Å². The first-order valence-corrected chi connectivity index (χ1v) is 7.30. The molecule has 0 aliphatic heterocycles. The van der Waals surface area contributed by atoms with Crippen molar-refractivity contribution >= 4 is 27.3 Å². The molecule has 0 spiro atoms. The molecule has 1 aromatic heterocycles. The molecule has 0 amide bonds. The van der Waals surface area contributed by atoms with Gasteiger partial charge in [0.05, 0.1) is 0 Å². The predicted molar refractivity (Wildman–Crippen MR) is 78.5 cm³/mol. The third-order valence-electron chi connectivity index (χ3n) is 2.69. The maximum atomic E-state index is 3.55. The van der Waals surface area contributed by atoms with Crippen LogP contribution in [0.3, 0.4) is 0 Å². The molecule has 1 unspecified atom stereocenters. The fourth-order valence-electron chi connectivity index (χ4n) is 1.70. The Morgan fingerprint density at radius 1 is 1.29 bits per heavy atom. The molecule has 0 saturated carbocycles. The molecular formula is C14H16BrNS. The van der Waals surface area contributed by atoms with Crippen molar-refractivity contribution in [2.24, 2.45) is 0 Å². The minimum atomic E-state index is 0.410. The molecule has 0 saturated heterocycles. The predicted octanol–water partition coefficient (Wildman–Crippen LogP) is 4.67. The molecule has 17 heavy (non-hydrogen) atoms. The number of thiophene rings is 1. The molecule has 1 atom stereocenters. The van der Waals surface area contributed by atoms with E-state index in [-0.39, 0.29) is 0 Å². The van der Waals surface area contributed by atoms with Crippen LogP contribution in [0.4, 0.5) is 0 Å². The van der Waals surface area contributed by atoms with Crippen LogP contribution in [0.15, 0.2) is 40.9 Å². The Hall–Kier alpha value is -0.640. The van der Waals surface area contributed by atoms with Gasteiger partial charge in [-0.05, 0) is 43.7 Å². The third kappa shape index (κ3) is 3.66. The van der Waals surface area contributed by atoms with Crippen molar-refractivity contribution in [3.63, 3.8) is 0 Å². The van der Waals surface area contributed by atoms with Gasteiger partial charge in [0.2, 0.25) is 0 Å². The minimum absolute atomic E-state index is 0.410. The Morgan fingerprint density at radius 3 is 2.76 bits per heavy atom. The van der Waals surface area contributed by atoms with Gasteiger partial charge in [-0.3, -0.25) is 0 Å². The normalized spacial score (nSPS) is 12.6. The molecule has 1 N–H and O–H groups in total. The van der Waals surface area contributed by atoms with Crippen molar-refractivity contribution in [2.75, 3.05) is 0 Å². The number of hydrogen-bond acceptors (Lipinski definition) is 2. The SMILES string of the molecule is Cc1ccc(C(C)NCc2cccc(Br)c2)s1. The highest BCUT2D eigenvalue weighted by molar-refractivity contribution is 9.10. The summed E-state index contributed by atoms with van der Waals surface area (Å²) < 4.78 is 1.14. The second-order valence-electron chi connectivity index (χ2n) is 4.18. The zero-order chi connectivity index (χ0) is 12.3. The van der Waals surface area contributed by atoms with E-state index in [2.05, 4.69) is 71.5 Å². The Kier molecular flexibility index (Phi) is 4.37. The Morgan fingerprint density at radius 2 is 2.12 bits per heavy atom. The van der Waals surface area contributed by atoms with Crippen LogP contribution >= 0.6 is 27.3 Å². The van der Waals surface area contributed by atoms with E-state index in [1.54, 1.807) is 0 Å². The van der Waals surface area contributed by atoms with Crippen molar-refractivity contribution in [3.05, 3.63) is 56.2 Å². The summed E-state index contributed by atoms with van der Waals surface area (Å²) in [6.45, 7) is 5.26. The lowest BCUT2D eigenvalue weighted by Gasteiger charge is -2.12. The van der Waals surface area contributed by atoms with Crippen LogP contribution < -0.4 is 5.32 Å². The van der Waals surface area contributed by atoms with E-state index < -0.39 is 0 Å². The third-order valence-corrected chi connectivity index (χ3v) is 4.37. The highest BCUT2D eigenvalue weighted by atomic mass is 79.9. The van der Waals surface area contributed by atoms with Gasteiger partial charge in [-0.25, -0.2) is 0 Å². The summed E-state index contributed by atoms with van der Waals surface area (Å²) in [4.78, 5) is 2.77. The number of halogens is 1. The van der Waals surface area contributed by atoms with Gasteiger partial charge >= 0.3 is 0 Å². The summed E-state index contributed by atoms with van der Waals surface area (Å²) in [6.07, 6.45) is 0. The quantitative estimate of drug-likeness (QED) is 0.865. The van der Waals surface area contributed by atoms with Crippen LogP contribution in [0.5, 0.6) is 0 Å². The second-order valence-corrected chi connectivity index (χ2v) is 6.42. The number of rotatable bonds is 4. The molecule has 0 radical (unpaired) electrons. The summed E-state index contributed by atoms with van der Waals surface area (Å²) in [5, 5.41) is 3.55. The summed E-state index contributed by atoms with van der Waals surface area (Å²) in [7, 11) is 0. The Labute approximate surface area is 115 Å². The van der Waals surface area contributed by atoms with E-state index in [0.717, 1.165) is 11.0 Å². The lowest BCUT2D eigenvalue weighted by molar-refractivity contribution is 0.583. The van der Waals surface area contributed by atoms with E-state index in [4.69, 9.17) is 0 Å². The van der Waals surface area contributed by atoms with Crippen LogP contribution in [0.2, 0.25) is 0 Å². The fraction of sp³-hybridized carbons (Fsp3) is 0.286. The van der Waals surface area contributed by atoms with Crippen molar-refractivity contribution in [2.45, 2.75) is 26.4 Å². The van der Waals surface area contributed by atoms with E-state index in [1.807, 2.05) is 11.3 Å². The molecule has 1 heterocycles. The van der Waals surface area contributed by atoms with E-state index >= 15 is 0 Å². The summed E-state index contributed by atoms with van der Waals surface area (Å²) in [6, 6.07) is 13.2. The topological polar surface area (TPSA) is 12.0 Å². The first-order chi connectivity index (χ1) is 8.15. The second kappa shape index (κ2) is 5.80. The first kappa shape index (κ1) is 12.8. The van der Waals surface area contributed by atoms with Gasteiger partial charge in [-0.1, -0.05) is 28.1 Å². The van der Waals surface area contributed by atoms with Crippen molar-refractivity contribution in [1.82, 2.24) is 5.32 Å². The molecule has 0 fully saturated rings. The standard InChI is InChI=1S/C14H16BrNS/c1-10-6-7-14(17-10)11(2)16-9-12-4-3-5-13(15)8-12/h3-8,11,16H,9H2,1-2H3. The van der Waals surface area contributed by atoms with E-state index in [1.165, 1.54) is 15.3 Å². The first-order valence-electron chi connectivity index (χ1n) is 5.69. The molecule has 0 aliphatic carbocycles. The van der Waals surface area contributed by atoms with Crippen LogP contribution in [0.25, 0.3) is 0 Å². The number of aryl methyl sites for hydroxylation is 1. The monoisotopic (exact) mass is 309 g/mol. The van der Waals surface area contributed by atoms with Gasteiger partial charge in [0.1, 0.15) is 0 Å². The largest absolute Gasteiger partial charge is 0.305 e. The van der Waals surface area contributed by atoms with Gasteiger partial charge in [0.15, 0.2) is 0 Å². The van der Waals surface area contributed by atoms with Crippen LogP contribution in [-0.4, -0.2) is 0 Å². The highest BCUT2D eigenvalue weighted by Gasteiger charge is 2.06. The number of hydrogen-bond donors (Lipinski definition) is 1. The highest BCUT2D eigenvalue weighted by Crippen LogP contribution is 2.22. The molecule has 2 aromatic rings. The molecule has 0 aliphatic rings. The molecule has 2 rings (SSSR count). The van der Waals surface area contributed by atoms with Crippen LogP contribution in [0, 0.1) is 6.92 Å². The summed E-state index contributed by atoms with van der Waals surface area (Å²) in [5.74, 6) is 0. The lowest BCUT2D eigenvalue weighted by atomic mass is 10.2. The molecule has 1 nitrogen and oxygen atoms in total. The molecule has 1 aromatic carbocycles. The molecule has 0 bridgehead atoms.